The third-order valence-electron chi connectivity index (χ3n) is 10.9. The lowest BCUT2D eigenvalue weighted by atomic mass is 9.86. The number of hydrogen-bond acceptors (Lipinski definition) is 15. The maximum absolute atomic E-state index is 14.8. The van der Waals surface area contributed by atoms with Crippen LogP contribution in [0.1, 0.15) is 73.8 Å². The standard InChI is InChI=1S/C45H59N11O11S/c1-24-40(58)54-31(44(62)63)19-25-8-13-34(66-16-6-14-46)29(18-25)30-20-27(21-35(38(30)57)67-17-7-15-47)37(42(60)52-24)56(5)43(61)33(23-51-68(49,64)65)55-41(59)36-39(48)53-32(22-50-36)26-9-11-28(12-10-26)45(2,3)4/h8-13,18,20-22,24,31,33,37,51,57H,6-7,14-17,19,23,46-47H2,1-5H3,(H2,48,53)(H,52,60)(H,54,58)(H,55,59)(H,62,63)(H2,49,64,65)/t24-,31-,33-,37-/m0/s1. The van der Waals surface area contributed by atoms with Crippen LogP contribution < -0.4 is 52.5 Å². The molecule has 4 atom stereocenters. The number of carboxylic acids is 1. The Bertz CT molecular complexity index is 2630. The molecule has 4 amide bonds. The molecule has 0 spiro atoms. The number of nitrogen functional groups attached to an aromatic ring is 1. The zero-order valence-corrected chi connectivity index (χ0v) is 39.2. The van der Waals surface area contributed by atoms with Crippen LogP contribution in [-0.2, 0) is 41.2 Å². The first kappa shape index (κ1) is 52.1. The topological polar surface area (TPSA) is 360 Å². The van der Waals surface area contributed by atoms with Crippen molar-refractivity contribution in [2.75, 3.05) is 45.6 Å². The third-order valence-corrected chi connectivity index (χ3v) is 11.5. The predicted molar refractivity (Wildman–Crippen MR) is 251 cm³/mol. The minimum atomic E-state index is -4.49. The second-order valence-corrected chi connectivity index (χ2v) is 18.5. The first-order chi connectivity index (χ1) is 32.0. The lowest BCUT2D eigenvalue weighted by Gasteiger charge is -2.32. The summed E-state index contributed by atoms with van der Waals surface area (Å²) in [5.74, 6) is -6.08. The molecule has 3 aromatic carbocycles. The van der Waals surface area contributed by atoms with Crippen molar-refractivity contribution >= 4 is 45.6 Å². The van der Waals surface area contributed by atoms with Gasteiger partial charge in [-0.15, -0.1) is 0 Å². The molecule has 0 fully saturated rings. The molecule has 0 radical (unpaired) electrons. The highest BCUT2D eigenvalue weighted by atomic mass is 32.2. The molecule has 68 heavy (non-hydrogen) atoms. The van der Waals surface area contributed by atoms with Crippen LogP contribution in [0.15, 0.2) is 60.8 Å². The zero-order valence-electron chi connectivity index (χ0n) is 38.4. The zero-order chi connectivity index (χ0) is 50.1. The molecule has 5 rings (SSSR count). The van der Waals surface area contributed by atoms with Crippen molar-refractivity contribution in [3.8, 4) is 39.6 Å². The van der Waals surface area contributed by atoms with E-state index < -0.39 is 82.0 Å². The van der Waals surface area contributed by atoms with Crippen LogP contribution in [0.5, 0.6) is 17.2 Å². The number of nitrogens with two attached hydrogens (primary N) is 4. The number of anilines is 1. The SMILES string of the molecule is C[C@@H]1NC(=O)[C@@H](N(C)C(=O)[C@H](CNS(N)(=O)=O)NC(=O)c2ncc(-c3ccc(C(C)(C)C)cc3)nc2N)c2cc(OCCCN)c(O)c(c2)-c2cc(ccc2OCCCN)C[C@@H](C(=O)O)NC1=O. The summed E-state index contributed by atoms with van der Waals surface area (Å²) in [5.41, 5.74) is 19.9. The smallest absolute Gasteiger partial charge is 0.326 e. The quantitative estimate of drug-likeness (QED) is 0.0647. The molecule has 22 nitrogen and oxygen atoms in total. The van der Waals surface area contributed by atoms with E-state index in [-0.39, 0.29) is 72.1 Å². The second kappa shape index (κ2) is 22.3. The highest BCUT2D eigenvalue weighted by molar-refractivity contribution is 7.87. The Kier molecular flexibility index (Phi) is 17.0. The van der Waals surface area contributed by atoms with Gasteiger partial charge in [-0.1, -0.05) is 51.1 Å². The van der Waals surface area contributed by atoms with Crippen molar-refractivity contribution in [1.82, 2.24) is 35.5 Å². The Hall–Kier alpha value is -6.92. The van der Waals surface area contributed by atoms with E-state index in [1.165, 1.54) is 32.3 Å². The van der Waals surface area contributed by atoms with Gasteiger partial charge in [0.25, 0.3) is 16.1 Å². The van der Waals surface area contributed by atoms with Gasteiger partial charge in [0, 0.05) is 36.7 Å². The lowest BCUT2D eigenvalue weighted by Crippen LogP contribution is -2.57. The van der Waals surface area contributed by atoms with E-state index in [0.717, 1.165) is 10.5 Å². The predicted octanol–water partition coefficient (Wildman–Crippen LogP) is 0.573. The van der Waals surface area contributed by atoms with Crippen LogP contribution >= 0.6 is 0 Å². The maximum Gasteiger partial charge on any atom is 0.326 e. The molecule has 1 aliphatic heterocycles. The summed E-state index contributed by atoms with van der Waals surface area (Å²) in [6, 6.07) is 8.44. The normalized spacial score (nSPS) is 16.9. The highest BCUT2D eigenvalue weighted by Gasteiger charge is 2.37. The number of hydrogen-bond donors (Lipinski definition) is 10. The number of nitrogens with zero attached hydrogens (tertiary/aromatic N) is 3. The van der Waals surface area contributed by atoms with E-state index in [1.54, 1.807) is 18.2 Å². The van der Waals surface area contributed by atoms with Gasteiger partial charge < -0.3 is 57.7 Å². The number of carbonyl (C=O) groups is 5. The lowest BCUT2D eigenvalue weighted by molar-refractivity contribution is -0.143. The van der Waals surface area contributed by atoms with Gasteiger partial charge in [0.15, 0.2) is 23.0 Å². The number of aromatic hydroxyl groups is 1. The maximum atomic E-state index is 14.8. The van der Waals surface area contributed by atoms with Gasteiger partial charge in [0.1, 0.15) is 29.9 Å². The van der Waals surface area contributed by atoms with E-state index >= 15 is 0 Å². The number of carboxylic acid groups (broad SMARTS) is 1. The Morgan fingerprint density at radius 3 is 2.18 bits per heavy atom. The molecular weight excluding hydrogens is 903 g/mol. The minimum absolute atomic E-state index is 0.000197. The van der Waals surface area contributed by atoms with Crippen molar-refractivity contribution in [3.05, 3.63) is 83.2 Å². The second-order valence-electron chi connectivity index (χ2n) is 17.1. The van der Waals surface area contributed by atoms with Crippen molar-refractivity contribution in [2.45, 2.75) is 76.5 Å². The van der Waals surface area contributed by atoms with Crippen molar-refractivity contribution in [2.24, 2.45) is 16.6 Å². The van der Waals surface area contributed by atoms with Gasteiger partial charge in [-0.2, -0.15) is 13.1 Å². The molecule has 0 saturated heterocycles. The number of fused-ring (bicyclic) bond motifs is 5. The fourth-order valence-corrected chi connectivity index (χ4v) is 7.57. The Balaban J connectivity index is 1.63. The monoisotopic (exact) mass is 961 g/mol. The third kappa shape index (κ3) is 13.2. The Morgan fingerprint density at radius 1 is 0.941 bits per heavy atom. The first-order valence-corrected chi connectivity index (χ1v) is 23.1. The molecule has 23 heteroatoms. The average Bonchev–Trinajstić information content (AvgIpc) is 3.27. The summed E-state index contributed by atoms with van der Waals surface area (Å²) in [6.45, 7) is 7.30. The largest absolute Gasteiger partial charge is 0.504 e. The van der Waals surface area contributed by atoms with Gasteiger partial charge >= 0.3 is 5.97 Å². The van der Waals surface area contributed by atoms with Gasteiger partial charge in [-0.05, 0) is 79.2 Å². The molecule has 4 bridgehead atoms. The first-order valence-electron chi connectivity index (χ1n) is 21.6. The summed E-state index contributed by atoms with van der Waals surface area (Å²) in [4.78, 5) is 78.7. The van der Waals surface area contributed by atoms with Crippen molar-refractivity contribution in [1.29, 1.82) is 0 Å². The molecule has 14 N–H and O–H groups in total. The molecule has 0 unspecified atom stereocenters. The van der Waals surface area contributed by atoms with Crippen molar-refractivity contribution < 1.29 is 52.1 Å². The number of carbonyl (C=O) groups excluding carboxylic acids is 4. The number of benzene rings is 3. The number of amides is 4. The fourth-order valence-electron chi connectivity index (χ4n) is 7.17. The van der Waals surface area contributed by atoms with Crippen LogP contribution in [-0.4, -0.2) is 121 Å². The van der Waals surface area contributed by atoms with Crippen LogP contribution in [0.4, 0.5) is 5.82 Å². The van der Waals surface area contributed by atoms with Gasteiger partial charge in [-0.3, -0.25) is 19.2 Å². The summed E-state index contributed by atoms with van der Waals surface area (Å²) >= 11 is 0. The van der Waals surface area contributed by atoms with E-state index in [4.69, 9.17) is 31.8 Å². The summed E-state index contributed by atoms with van der Waals surface area (Å²) in [5, 5.41) is 34.6. The van der Waals surface area contributed by atoms with Crippen LogP contribution in [0.2, 0.25) is 0 Å². The van der Waals surface area contributed by atoms with Crippen molar-refractivity contribution in [3.63, 3.8) is 0 Å². The van der Waals surface area contributed by atoms with E-state index in [1.807, 2.05) is 29.0 Å². The number of rotatable bonds is 17. The fraction of sp³-hybridized carbons (Fsp3) is 0.400. The number of aliphatic carboxylic acids is 1. The number of ether oxygens (including phenoxy) is 2. The molecule has 366 valence electrons. The molecule has 1 aliphatic rings. The Morgan fingerprint density at radius 2 is 1.59 bits per heavy atom. The summed E-state index contributed by atoms with van der Waals surface area (Å²) in [7, 11) is -3.32. The average molecular weight is 962 g/mol. The summed E-state index contributed by atoms with van der Waals surface area (Å²) < 4.78 is 38.5. The molecular formula is C45H59N11O11S. The highest BCUT2D eigenvalue weighted by Crippen LogP contribution is 2.45. The molecule has 4 aromatic rings. The van der Waals surface area contributed by atoms with Gasteiger partial charge in [-0.25, -0.2) is 19.9 Å². The number of aromatic nitrogens is 2. The number of phenols is 1. The van der Waals surface area contributed by atoms with E-state index in [9.17, 15) is 42.6 Å². The Labute approximate surface area is 393 Å². The van der Waals surface area contributed by atoms with Gasteiger partial charge in [0.05, 0.1) is 25.1 Å². The number of nitrogens with one attached hydrogen (secondary N) is 4. The van der Waals surface area contributed by atoms with Crippen LogP contribution in [0.3, 0.4) is 0 Å². The molecule has 0 aliphatic carbocycles. The number of likely N-dealkylation sites (N-methyl/N-ethyl adjacent to an activating group) is 1. The van der Waals surface area contributed by atoms with Crippen LogP contribution in [0, 0.1) is 0 Å². The van der Waals surface area contributed by atoms with E-state index in [0.29, 0.717) is 29.7 Å². The summed E-state index contributed by atoms with van der Waals surface area (Å²) in [6.07, 6.45) is 1.87. The van der Waals surface area contributed by atoms with Gasteiger partial charge in [0.2, 0.25) is 17.7 Å². The molecule has 1 aromatic heterocycles. The minimum Gasteiger partial charge on any atom is -0.504 e. The van der Waals surface area contributed by atoms with E-state index in [2.05, 4.69) is 46.7 Å². The molecule has 2 heterocycles. The number of phenolic OH excluding ortho intramolecular Hbond substituents is 1. The van der Waals surface area contributed by atoms with Crippen LogP contribution in [0.25, 0.3) is 22.4 Å². The molecule has 0 saturated carbocycles.